The average molecular weight is 463 g/mol. The molecule has 0 spiro atoms. The van der Waals surface area contributed by atoms with Gasteiger partial charge in [-0.3, -0.25) is 0 Å². The molecule has 0 bridgehead atoms. The molecule has 0 saturated carbocycles. The van der Waals surface area contributed by atoms with E-state index in [0.717, 1.165) is 25.7 Å². The molecule has 3 heteroatoms. The molecule has 2 nitrogen and oxygen atoms in total. The topological polar surface area (TPSA) is 40.9 Å². The summed E-state index contributed by atoms with van der Waals surface area (Å²) >= 11 is 0. The first-order valence-corrected chi connectivity index (χ1v) is 8.25. The molecule has 1 N–H and O–H groups in total. The van der Waals surface area contributed by atoms with Crippen LogP contribution in [-0.2, 0) is 17.6 Å². The Morgan fingerprint density at radius 1 is 0.826 bits per heavy atom. The summed E-state index contributed by atoms with van der Waals surface area (Å²) < 4.78 is 0. The molecular weight excluding hydrogens is 433 g/mol. The van der Waals surface area contributed by atoms with E-state index in [1.807, 2.05) is 13.8 Å². The molecule has 0 aromatic heterocycles. The van der Waals surface area contributed by atoms with E-state index in [0.29, 0.717) is 0 Å². The second-order valence-corrected chi connectivity index (χ2v) is 5.17. The quantitative estimate of drug-likeness (QED) is 0.507. The Morgan fingerprint density at radius 2 is 1.13 bits per heavy atom. The molecule has 0 fully saturated rings. The van der Waals surface area contributed by atoms with Gasteiger partial charge in [0.05, 0.1) is 5.91 Å². The maximum atomic E-state index is 10.3. The Hall–Kier alpha value is -0.557. The number of hydrogen-bond donors (Lipinski definition) is 0. The van der Waals surface area contributed by atoms with E-state index in [1.54, 1.807) is 0 Å². The number of nitrogens with one attached hydrogen (secondary N) is 1. The van der Waals surface area contributed by atoms with Crippen LogP contribution < -0.4 is 0 Å². The maximum absolute atomic E-state index is 10.3. The van der Waals surface area contributed by atoms with Crippen molar-refractivity contribution in [3.8, 4) is 0 Å². The van der Waals surface area contributed by atoms with Gasteiger partial charge in [0.1, 0.15) is 0 Å². The fraction of sp³-hybridized carbons (Fsp3) is 0.450. The molecule has 131 valence electrons. The van der Waals surface area contributed by atoms with Gasteiger partial charge in [0.15, 0.2) is 0 Å². The molecule has 1 amide bonds. The van der Waals surface area contributed by atoms with Crippen molar-refractivity contribution < 1.29 is 43.0 Å². The molecule has 2 rings (SSSR count). The first-order valence-electron chi connectivity index (χ1n) is 8.25. The van der Waals surface area contributed by atoms with Crippen LogP contribution in [0.3, 0.4) is 0 Å². The summed E-state index contributed by atoms with van der Waals surface area (Å²) in [4.78, 5) is 10.3. The summed E-state index contributed by atoms with van der Waals surface area (Å²) in [6.45, 7) is 8.19. The van der Waals surface area contributed by atoms with E-state index >= 15 is 0 Å². The van der Waals surface area contributed by atoms with Crippen molar-refractivity contribution in [3.05, 3.63) is 65.4 Å². The second-order valence-electron chi connectivity index (χ2n) is 5.17. The molecule has 2 aromatic rings. The predicted molar refractivity (Wildman–Crippen MR) is 96.2 cm³/mol. The predicted octanol–water partition coefficient (Wildman–Crippen LogP) is 5.94. The van der Waals surface area contributed by atoms with Crippen molar-refractivity contribution in [3.63, 3.8) is 0 Å². The molecular formula is C20H30DyNO. The van der Waals surface area contributed by atoms with Crippen LogP contribution in [0.2, 0.25) is 0 Å². The van der Waals surface area contributed by atoms with E-state index in [1.165, 1.54) is 11.1 Å². The molecule has 0 aliphatic rings. The van der Waals surface area contributed by atoms with Crippen molar-refractivity contribution in [2.75, 3.05) is 0 Å². The summed E-state index contributed by atoms with van der Waals surface area (Å²) in [6.07, 6.45) is 3.93. The third kappa shape index (κ3) is 12.5. The first kappa shape index (κ1) is 24.7. The Labute approximate surface area is 172 Å². The van der Waals surface area contributed by atoms with Crippen LogP contribution in [0.1, 0.15) is 51.7 Å². The molecule has 23 heavy (non-hydrogen) atoms. The summed E-state index contributed by atoms with van der Waals surface area (Å²) in [7, 11) is 0. The zero-order valence-electron chi connectivity index (χ0n) is 14.7. The molecule has 2 aromatic carbocycles. The van der Waals surface area contributed by atoms with E-state index in [2.05, 4.69) is 62.4 Å². The molecule has 0 atom stereocenters. The number of aryl methyl sites for hydroxylation is 2. The van der Waals surface area contributed by atoms with Crippen LogP contribution in [0, 0.1) is 44.1 Å². The Bertz CT molecular complexity index is 422. The van der Waals surface area contributed by atoms with E-state index in [-0.39, 0.29) is 44.1 Å². The third-order valence-electron chi connectivity index (χ3n) is 3.64. The minimum Gasteiger partial charge on any atom is -0.668 e. The van der Waals surface area contributed by atoms with Gasteiger partial charge in [-0.25, -0.2) is 24.3 Å². The minimum absolute atomic E-state index is 0. The van der Waals surface area contributed by atoms with Crippen LogP contribution in [-0.4, -0.2) is 5.91 Å². The molecule has 0 saturated heterocycles. The summed E-state index contributed by atoms with van der Waals surface area (Å²) in [5, 5.41) is 0. The van der Waals surface area contributed by atoms with Crippen molar-refractivity contribution in [1.29, 1.82) is 0 Å². The van der Waals surface area contributed by atoms with Crippen molar-refractivity contribution in [2.24, 2.45) is 5.92 Å². The van der Waals surface area contributed by atoms with Gasteiger partial charge in [0.2, 0.25) is 0 Å². The number of amides is 1. The van der Waals surface area contributed by atoms with Gasteiger partial charge in [0.25, 0.3) is 0 Å². The Balaban J connectivity index is 0. The smallest absolute Gasteiger partial charge is 0.668 e. The Morgan fingerprint density at radius 3 is 1.22 bits per heavy atom. The number of hydrogen-bond acceptors (Lipinski definition) is 1. The third-order valence-corrected chi connectivity index (χ3v) is 3.64. The second kappa shape index (κ2) is 16.3. The van der Waals surface area contributed by atoms with E-state index in [9.17, 15) is 4.79 Å². The first-order chi connectivity index (χ1) is 10.6. The van der Waals surface area contributed by atoms with Crippen molar-refractivity contribution >= 4 is 5.91 Å². The van der Waals surface area contributed by atoms with Gasteiger partial charge in [0, 0.05) is 0 Å². The fourth-order valence-electron chi connectivity index (χ4n) is 1.96. The minimum atomic E-state index is -0.421. The van der Waals surface area contributed by atoms with Crippen LogP contribution in [0.15, 0.2) is 48.5 Å². The summed E-state index contributed by atoms with van der Waals surface area (Å²) in [5.41, 5.74) is 9.56. The van der Waals surface area contributed by atoms with E-state index < -0.39 is 5.91 Å². The summed E-state index contributed by atoms with van der Waals surface area (Å²) in [5.74, 6) is -0.440. The Kier molecular flexibility index (Phi) is 17.5. The van der Waals surface area contributed by atoms with Gasteiger partial charge in [-0.2, -0.15) is 35.4 Å². The maximum Gasteiger partial charge on any atom is 3.00 e. The molecule has 0 aliphatic carbocycles. The van der Waals surface area contributed by atoms with Gasteiger partial charge < -0.3 is 10.5 Å². The van der Waals surface area contributed by atoms with Crippen molar-refractivity contribution in [2.45, 2.75) is 53.4 Å². The fourth-order valence-corrected chi connectivity index (χ4v) is 1.96. The van der Waals surface area contributed by atoms with Gasteiger partial charge >= 0.3 is 38.2 Å². The van der Waals surface area contributed by atoms with Crippen molar-refractivity contribution in [1.82, 2.24) is 0 Å². The zero-order valence-corrected chi connectivity index (χ0v) is 16.8. The van der Waals surface area contributed by atoms with Gasteiger partial charge in [-0.05, 0) is 18.8 Å². The average Bonchev–Trinajstić information content (AvgIpc) is 3.22. The molecule has 1 radical (unpaired) electrons. The molecule has 0 heterocycles. The zero-order chi connectivity index (χ0) is 16.8. The number of carbonyl (C=O) groups is 1. The standard InChI is InChI=1S/2C7H9.C6H13NO.Dy/c2*1-2-7-5-3-4-6-7;1-3-5(4-2)6(7)8;/h2*3-6H,2H2,1H3;5H,3-4H2,1-2H3,(H2,7,8);/q2*-1;;+3/p-1. The van der Waals surface area contributed by atoms with Crippen LogP contribution in [0.5, 0.6) is 0 Å². The number of rotatable bonds is 5. The van der Waals surface area contributed by atoms with Gasteiger partial charge in [-0.15, -0.1) is 0 Å². The van der Waals surface area contributed by atoms with E-state index in [4.69, 9.17) is 5.73 Å². The molecule has 0 unspecified atom stereocenters. The van der Waals surface area contributed by atoms with Crippen LogP contribution in [0.4, 0.5) is 0 Å². The largest absolute Gasteiger partial charge is 3.00 e. The van der Waals surface area contributed by atoms with Crippen LogP contribution in [0.25, 0.3) is 5.73 Å². The molecule has 0 aliphatic heterocycles. The normalized spacial score (nSPS) is 9.09. The SMILES string of the molecule is CCC(CC)C([NH-])=O.CC[c-]1cccc1.CC[c-]1cccc1.[Dy+3]. The number of carbonyl (C=O) groups excluding carboxylic acids is 1. The summed E-state index contributed by atoms with van der Waals surface area (Å²) in [6, 6.07) is 16.8. The monoisotopic (exact) mass is 464 g/mol. The van der Waals surface area contributed by atoms with Crippen LogP contribution >= 0.6 is 0 Å². The van der Waals surface area contributed by atoms with Gasteiger partial charge in [-0.1, -0.05) is 40.5 Å².